The van der Waals surface area contributed by atoms with Crippen LogP contribution in [0.2, 0.25) is 0 Å². The number of carbonyl (C=O) groups is 1. The molecule has 4 heteroatoms. The molecule has 2 unspecified atom stereocenters. The van der Waals surface area contributed by atoms with Crippen molar-refractivity contribution < 1.29 is 4.79 Å². The van der Waals surface area contributed by atoms with E-state index in [0.29, 0.717) is 12.3 Å². The summed E-state index contributed by atoms with van der Waals surface area (Å²) in [5, 5.41) is 0. The van der Waals surface area contributed by atoms with Gasteiger partial charge >= 0.3 is 0 Å². The highest BCUT2D eigenvalue weighted by molar-refractivity contribution is 5.85. The van der Waals surface area contributed by atoms with E-state index in [-0.39, 0.29) is 29.8 Å². The zero-order chi connectivity index (χ0) is 17.0. The van der Waals surface area contributed by atoms with E-state index in [9.17, 15) is 4.79 Å². The number of halogens is 1. The molecule has 24 heavy (non-hydrogen) atoms. The summed E-state index contributed by atoms with van der Waals surface area (Å²) < 4.78 is 0. The lowest BCUT2D eigenvalue weighted by Crippen LogP contribution is -2.45. The smallest absolute Gasteiger partial charge is 0.222 e. The van der Waals surface area contributed by atoms with Crippen molar-refractivity contribution in [3.05, 3.63) is 35.4 Å². The van der Waals surface area contributed by atoms with E-state index in [1.807, 2.05) is 4.90 Å². The largest absolute Gasteiger partial charge is 0.342 e. The summed E-state index contributed by atoms with van der Waals surface area (Å²) in [6.07, 6.45) is 3.65. The quantitative estimate of drug-likeness (QED) is 0.892. The number of amides is 1. The molecule has 1 heterocycles. The second-order valence-corrected chi connectivity index (χ2v) is 8.05. The summed E-state index contributed by atoms with van der Waals surface area (Å²) >= 11 is 0. The summed E-state index contributed by atoms with van der Waals surface area (Å²) in [5.41, 5.74) is 8.76. The molecule has 1 aliphatic rings. The van der Waals surface area contributed by atoms with Gasteiger partial charge in [0.25, 0.3) is 0 Å². The highest BCUT2D eigenvalue weighted by atomic mass is 35.5. The molecular formula is C20H33ClN2O. The molecule has 0 aliphatic carbocycles. The molecule has 0 saturated carbocycles. The highest BCUT2D eigenvalue weighted by Crippen LogP contribution is 2.23. The maximum atomic E-state index is 12.5. The third-order valence-electron chi connectivity index (χ3n) is 5.00. The number of hydrogen-bond acceptors (Lipinski definition) is 2. The molecule has 2 rings (SSSR count). The minimum atomic E-state index is 0. The molecular weight excluding hydrogens is 320 g/mol. The predicted molar refractivity (Wildman–Crippen MR) is 104 cm³/mol. The Kier molecular flexibility index (Phi) is 7.75. The van der Waals surface area contributed by atoms with Crippen LogP contribution in [0.4, 0.5) is 0 Å². The van der Waals surface area contributed by atoms with Crippen LogP contribution in [-0.2, 0) is 16.6 Å². The van der Waals surface area contributed by atoms with Gasteiger partial charge in [-0.3, -0.25) is 4.79 Å². The third-order valence-corrected chi connectivity index (χ3v) is 5.00. The van der Waals surface area contributed by atoms with Crippen molar-refractivity contribution in [3.63, 3.8) is 0 Å². The summed E-state index contributed by atoms with van der Waals surface area (Å²) in [7, 11) is 0. The van der Waals surface area contributed by atoms with E-state index in [1.54, 1.807) is 0 Å². The van der Waals surface area contributed by atoms with Crippen LogP contribution in [-0.4, -0.2) is 29.9 Å². The van der Waals surface area contributed by atoms with E-state index in [2.05, 4.69) is 52.0 Å². The highest BCUT2D eigenvalue weighted by Gasteiger charge is 2.25. The number of piperidine rings is 1. The summed E-state index contributed by atoms with van der Waals surface area (Å²) in [6.45, 7) is 10.4. The number of rotatable bonds is 4. The zero-order valence-corrected chi connectivity index (χ0v) is 16.4. The molecule has 1 amide bonds. The monoisotopic (exact) mass is 352 g/mol. The Bertz CT molecular complexity index is 519. The Balaban J connectivity index is 0.00000288. The van der Waals surface area contributed by atoms with Crippen molar-refractivity contribution in [1.29, 1.82) is 0 Å². The minimum absolute atomic E-state index is 0. The van der Waals surface area contributed by atoms with Crippen molar-refractivity contribution in [2.75, 3.05) is 13.1 Å². The Morgan fingerprint density at radius 2 is 1.92 bits per heavy atom. The van der Waals surface area contributed by atoms with Gasteiger partial charge in [0.2, 0.25) is 5.91 Å². The number of nitrogens with zero attached hydrogens (tertiary/aromatic N) is 1. The lowest BCUT2D eigenvalue weighted by atomic mass is 9.86. The summed E-state index contributed by atoms with van der Waals surface area (Å²) in [4.78, 5) is 14.5. The second-order valence-electron chi connectivity index (χ2n) is 8.05. The SMILES string of the molecule is CC(N)C1CCCN(C(=O)CCc2ccc(C(C)(C)C)cc2)C1.Cl. The first-order chi connectivity index (χ1) is 10.8. The van der Waals surface area contributed by atoms with Gasteiger partial charge in [-0.2, -0.15) is 0 Å². The fourth-order valence-electron chi connectivity index (χ4n) is 3.25. The number of nitrogens with two attached hydrogens (primary N) is 1. The van der Waals surface area contributed by atoms with Crippen LogP contribution in [0, 0.1) is 5.92 Å². The normalized spacial score (nSPS) is 19.5. The van der Waals surface area contributed by atoms with Crippen molar-refractivity contribution in [2.24, 2.45) is 11.7 Å². The van der Waals surface area contributed by atoms with Gasteiger partial charge in [-0.25, -0.2) is 0 Å². The molecule has 1 aromatic carbocycles. The average Bonchev–Trinajstić information content (AvgIpc) is 2.52. The zero-order valence-electron chi connectivity index (χ0n) is 15.5. The first kappa shape index (κ1) is 21.0. The van der Waals surface area contributed by atoms with Crippen molar-refractivity contribution in [3.8, 4) is 0 Å². The fraction of sp³-hybridized carbons (Fsp3) is 0.650. The van der Waals surface area contributed by atoms with Crippen LogP contribution in [0.3, 0.4) is 0 Å². The first-order valence-electron chi connectivity index (χ1n) is 8.90. The van der Waals surface area contributed by atoms with Crippen LogP contribution in [0.1, 0.15) is 58.1 Å². The standard InChI is InChI=1S/C20H32N2O.ClH/c1-15(21)17-6-5-13-22(14-17)19(23)12-9-16-7-10-18(11-8-16)20(2,3)4;/h7-8,10-11,15,17H,5-6,9,12-14,21H2,1-4H3;1H. The molecule has 2 N–H and O–H groups in total. The molecule has 136 valence electrons. The Hall–Kier alpha value is -1.06. The van der Waals surface area contributed by atoms with Gasteiger partial charge in [-0.1, -0.05) is 45.0 Å². The van der Waals surface area contributed by atoms with Crippen LogP contribution in [0.25, 0.3) is 0 Å². The van der Waals surface area contributed by atoms with E-state index < -0.39 is 0 Å². The van der Waals surface area contributed by atoms with Crippen molar-refractivity contribution in [2.45, 2.75) is 64.8 Å². The maximum absolute atomic E-state index is 12.5. The van der Waals surface area contributed by atoms with E-state index in [1.165, 1.54) is 11.1 Å². The lowest BCUT2D eigenvalue weighted by molar-refractivity contribution is -0.133. The van der Waals surface area contributed by atoms with Gasteiger partial charge in [-0.15, -0.1) is 12.4 Å². The number of hydrogen-bond donors (Lipinski definition) is 1. The van der Waals surface area contributed by atoms with E-state index >= 15 is 0 Å². The molecule has 1 aromatic rings. The Labute approximate surface area is 153 Å². The van der Waals surface area contributed by atoms with Crippen LogP contribution < -0.4 is 5.73 Å². The number of likely N-dealkylation sites (tertiary alicyclic amines) is 1. The molecule has 1 saturated heterocycles. The Morgan fingerprint density at radius 3 is 2.46 bits per heavy atom. The van der Waals surface area contributed by atoms with Gasteiger partial charge in [-0.05, 0) is 48.6 Å². The predicted octanol–water partition coefficient (Wildman–Crippen LogP) is 3.92. The minimum Gasteiger partial charge on any atom is -0.342 e. The van der Waals surface area contributed by atoms with Crippen LogP contribution in [0.15, 0.2) is 24.3 Å². The van der Waals surface area contributed by atoms with Crippen LogP contribution in [0.5, 0.6) is 0 Å². The van der Waals surface area contributed by atoms with Gasteiger partial charge in [0.15, 0.2) is 0 Å². The fourth-order valence-corrected chi connectivity index (χ4v) is 3.25. The number of benzene rings is 1. The Morgan fingerprint density at radius 1 is 1.29 bits per heavy atom. The molecule has 0 radical (unpaired) electrons. The van der Waals surface area contributed by atoms with E-state index in [0.717, 1.165) is 32.4 Å². The third kappa shape index (κ3) is 5.78. The van der Waals surface area contributed by atoms with E-state index in [4.69, 9.17) is 5.73 Å². The van der Waals surface area contributed by atoms with Gasteiger partial charge in [0.1, 0.15) is 0 Å². The van der Waals surface area contributed by atoms with Crippen molar-refractivity contribution >= 4 is 18.3 Å². The molecule has 1 fully saturated rings. The lowest BCUT2D eigenvalue weighted by Gasteiger charge is -2.34. The summed E-state index contributed by atoms with van der Waals surface area (Å²) in [5.74, 6) is 0.731. The average molecular weight is 353 g/mol. The molecule has 0 bridgehead atoms. The van der Waals surface area contributed by atoms with Gasteiger partial charge in [0, 0.05) is 25.6 Å². The summed E-state index contributed by atoms with van der Waals surface area (Å²) in [6, 6.07) is 8.87. The molecule has 1 aliphatic heterocycles. The van der Waals surface area contributed by atoms with Crippen LogP contribution >= 0.6 is 12.4 Å². The molecule has 2 atom stereocenters. The molecule has 0 spiro atoms. The topological polar surface area (TPSA) is 46.3 Å². The maximum Gasteiger partial charge on any atom is 0.222 e. The van der Waals surface area contributed by atoms with Crippen molar-refractivity contribution in [1.82, 2.24) is 4.90 Å². The number of aryl methyl sites for hydroxylation is 1. The number of carbonyl (C=O) groups excluding carboxylic acids is 1. The molecule has 0 aromatic heterocycles. The molecule has 3 nitrogen and oxygen atoms in total. The van der Waals surface area contributed by atoms with Gasteiger partial charge in [0.05, 0.1) is 0 Å². The van der Waals surface area contributed by atoms with Gasteiger partial charge < -0.3 is 10.6 Å². The second kappa shape index (κ2) is 8.87. The first-order valence-corrected chi connectivity index (χ1v) is 8.90.